The minimum absolute atomic E-state index is 0.0638. The Bertz CT molecular complexity index is 1040. The highest BCUT2D eigenvalue weighted by Gasteiger charge is 2.31. The first-order valence-corrected chi connectivity index (χ1v) is 9.80. The second-order valence-electron chi connectivity index (χ2n) is 7.48. The summed E-state index contributed by atoms with van der Waals surface area (Å²) >= 11 is 0. The van der Waals surface area contributed by atoms with Gasteiger partial charge in [0, 0.05) is 23.7 Å². The Labute approximate surface area is 170 Å². The number of hydrogen-bond donors (Lipinski definition) is 3. The number of methoxy groups -OCH3 is 1. The van der Waals surface area contributed by atoms with Crippen LogP contribution in [0.3, 0.4) is 0 Å². The van der Waals surface area contributed by atoms with Crippen molar-refractivity contribution in [2.45, 2.75) is 50.5 Å². The number of ether oxygens (including phenoxy) is 1. The van der Waals surface area contributed by atoms with Crippen molar-refractivity contribution in [3.8, 4) is 0 Å². The molecule has 1 aliphatic carbocycles. The molecule has 1 saturated carbocycles. The van der Waals surface area contributed by atoms with Gasteiger partial charge in [0.05, 0.1) is 31.9 Å². The quantitative estimate of drug-likeness (QED) is 0.583. The number of aromatic amines is 1. The van der Waals surface area contributed by atoms with Gasteiger partial charge in [-0.05, 0) is 31.7 Å². The van der Waals surface area contributed by atoms with Gasteiger partial charge in [-0.15, -0.1) is 0 Å². The zero-order valence-corrected chi connectivity index (χ0v) is 16.4. The fourth-order valence-electron chi connectivity index (χ4n) is 4.18. The number of amides is 1. The molecule has 0 atom stereocenters. The van der Waals surface area contributed by atoms with E-state index in [9.17, 15) is 18.0 Å². The number of hydrogen-bond acceptors (Lipinski definition) is 5. The Kier molecular flexibility index (Phi) is 5.54. The average molecular weight is 424 g/mol. The van der Waals surface area contributed by atoms with E-state index in [1.807, 2.05) is 6.07 Å². The molecule has 4 rings (SSSR count). The van der Waals surface area contributed by atoms with E-state index in [2.05, 4.69) is 34.9 Å². The van der Waals surface area contributed by atoms with Gasteiger partial charge in [-0.3, -0.25) is 0 Å². The maximum Gasteiger partial charge on any atom is 0.407 e. The van der Waals surface area contributed by atoms with Gasteiger partial charge in [-0.2, -0.15) is 13.2 Å². The summed E-state index contributed by atoms with van der Waals surface area (Å²) in [6, 6.07) is 1.83. The molecule has 1 aliphatic rings. The Hall–Kier alpha value is -2.82. The minimum Gasteiger partial charge on any atom is -0.453 e. The Morgan fingerprint density at radius 1 is 1.33 bits per heavy atom. The lowest BCUT2D eigenvalue weighted by molar-refractivity contribution is -0.126. The minimum atomic E-state index is -4.21. The molecule has 3 aromatic heterocycles. The van der Waals surface area contributed by atoms with Crippen LogP contribution in [0, 0.1) is 0 Å². The van der Waals surface area contributed by atoms with E-state index in [0.29, 0.717) is 37.0 Å². The highest BCUT2D eigenvalue weighted by atomic mass is 19.4. The number of H-pyrrole nitrogens is 1. The third kappa shape index (κ3) is 4.20. The number of carbonyl (C=O) groups excluding carboxylic acids is 1. The number of carbonyl (C=O) groups is 1. The van der Waals surface area contributed by atoms with Crippen molar-refractivity contribution >= 4 is 28.2 Å². The molecule has 1 amide bonds. The van der Waals surface area contributed by atoms with Gasteiger partial charge >= 0.3 is 12.3 Å². The first kappa shape index (κ1) is 20.5. The van der Waals surface area contributed by atoms with Crippen LogP contribution in [-0.2, 0) is 11.3 Å². The van der Waals surface area contributed by atoms with E-state index in [-0.39, 0.29) is 18.6 Å². The summed E-state index contributed by atoms with van der Waals surface area (Å²) in [5.41, 5.74) is 2.35. The van der Waals surface area contributed by atoms with Crippen LogP contribution in [0.4, 0.5) is 18.0 Å². The number of aromatic nitrogens is 4. The molecule has 8 nitrogen and oxygen atoms in total. The number of nitrogens with zero attached hydrogens (tertiary/aromatic N) is 3. The highest BCUT2D eigenvalue weighted by Crippen LogP contribution is 2.35. The lowest BCUT2D eigenvalue weighted by Gasteiger charge is -2.31. The molecule has 0 unspecified atom stereocenters. The Morgan fingerprint density at radius 3 is 2.80 bits per heavy atom. The molecule has 0 saturated heterocycles. The van der Waals surface area contributed by atoms with Crippen molar-refractivity contribution in [1.82, 2.24) is 30.2 Å². The predicted molar refractivity (Wildman–Crippen MR) is 104 cm³/mol. The van der Waals surface area contributed by atoms with Crippen LogP contribution in [-0.4, -0.2) is 51.5 Å². The summed E-state index contributed by atoms with van der Waals surface area (Å²) in [7, 11) is 1.29. The zero-order valence-electron chi connectivity index (χ0n) is 16.4. The van der Waals surface area contributed by atoms with Crippen molar-refractivity contribution in [2.75, 3.05) is 13.7 Å². The van der Waals surface area contributed by atoms with E-state index in [0.717, 1.165) is 16.6 Å². The molecule has 11 heteroatoms. The fraction of sp³-hybridized carbons (Fsp3) is 0.526. The lowest BCUT2D eigenvalue weighted by Crippen LogP contribution is -2.39. The van der Waals surface area contributed by atoms with Crippen molar-refractivity contribution in [3.63, 3.8) is 0 Å². The first-order chi connectivity index (χ1) is 14.4. The number of rotatable bonds is 5. The molecular formula is C19H23F3N6O2. The lowest BCUT2D eigenvalue weighted by atomic mass is 9.90. The molecule has 0 aliphatic heterocycles. The molecule has 0 aromatic carbocycles. The average Bonchev–Trinajstić information content (AvgIpc) is 3.34. The second-order valence-corrected chi connectivity index (χ2v) is 7.48. The fourth-order valence-corrected chi connectivity index (χ4v) is 4.18. The van der Waals surface area contributed by atoms with Gasteiger partial charge in [-0.25, -0.2) is 14.8 Å². The number of halogens is 3. The molecule has 3 N–H and O–H groups in total. The summed E-state index contributed by atoms with van der Waals surface area (Å²) in [6.07, 6.45) is 1.40. The predicted octanol–water partition coefficient (Wildman–Crippen LogP) is 3.40. The van der Waals surface area contributed by atoms with Crippen molar-refractivity contribution in [1.29, 1.82) is 0 Å². The second kappa shape index (κ2) is 8.13. The van der Waals surface area contributed by atoms with Crippen LogP contribution in [0.2, 0.25) is 0 Å². The van der Waals surface area contributed by atoms with Crippen LogP contribution in [0.5, 0.6) is 0 Å². The van der Waals surface area contributed by atoms with Crippen LogP contribution < -0.4 is 10.6 Å². The van der Waals surface area contributed by atoms with Crippen LogP contribution >= 0.6 is 0 Å². The molecule has 3 heterocycles. The number of fused-ring (bicyclic) bond motifs is 3. The molecule has 3 aromatic rings. The van der Waals surface area contributed by atoms with E-state index < -0.39 is 18.8 Å². The van der Waals surface area contributed by atoms with E-state index in [1.165, 1.54) is 7.11 Å². The number of imidazole rings is 1. The third-order valence-electron chi connectivity index (χ3n) is 5.54. The van der Waals surface area contributed by atoms with E-state index in [4.69, 9.17) is 0 Å². The third-order valence-corrected chi connectivity index (χ3v) is 5.54. The maximum absolute atomic E-state index is 12.5. The van der Waals surface area contributed by atoms with E-state index in [1.54, 1.807) is 12.4 Å². The monoisotopic (exact) mass is 424 g/mol. The standard InChI is InChI=1S/C19H23F3N6O2/c1-30-18(29)25-9-15-27-14-8-24-17-13(6-7-23-17)16(14)28(15)12-4-2-11(3-5-12)26-10-19(20,21)22/h6-8,11-12,26H,2-5,9-10H2,1H3,(H,23,24)(H,25,29). The first-order valence-electron chi connectivity index (χ1n) is 9.80. The Morgan fingerprint density at radius 2 is 2.10 bits per heavy atom. The molecule has 1 fully saturated rings. The molecule has 0 spiro atoms. The summed E-state index contributed by atoms with van der Waals surface area (Å²) in [5, 5.41) is 6.20. The van der Waals surface area contributed by atoms with Gasteiger partial charge in [0.1, 0.15) is 17.0 Å². The van der Waals surface area contributed by atoms with Gasteiger partial charge in [0.15, 0.2) is 0 Å². The summed E-state index contributed by atoms with van der Waals surface area (Å²) in [4.78, 5) is 23.7. The molecule has 0 radical (unpaired) electrons. The van der Waals surface area contributed by atoms with Crippen molar-refractivity contribution in [3.05, 3.63) is 24.3 Å². The van der Waals surface area contributed by atoms with Gasteiger partial charge in [-0.1, -0.05) is 0 Å². The molecule has 162 valence electrons. The summed E-state index contributed by atoms with van der Waals surface area (Å²) < 4.78 is 44.3. The van der Waals surface area contributed by atoms with E-state index >= 15 is 0 Å². The number of alkyl carbamates (subject to hydrolysis) is 1. The molecular weight excluding hydrogens is 401 g/mol. The van der Waals surface area contributed by atoms with Crippen LogP contribution in [0.1, 0.15) is 37.5 Å². The number of alkyl halides is 3. The van der Waals surface area contributed by atoms with Gasteiger partial charge in [0.25, 0.3) is 0 Å². The normalized spacial score (nSPS) is 20.0. The maximum atomic E-state index is 12.5. The topological polar surface area (TPSA) is 96.9 Å². The van der Waals surface area contributed by atoms with Crippen LogP contribution in [0.25, 0.3) is 22.1 Å². The number of nitrogens with one attached hydrogen (secondary N) is 3. The number of pyridine rings is 1. The smallest absolute Gasteiger partial charge is 0.407 e. The Balaban J connectivity index is 1.61. The molecule has 0 bridgehead atoms. The van der Waals surface area contributed by atoms with Crippen LogP contribution in [0.15, 0.2) is 18.5 Å². The highest BCUT2D eigenvalue weighted by molar-refractivity contribution is 6.01. The van der Waals surface area contributed by atoms with Gasteiger partial charge in [0.2, 0.25) is 0 Å². The van der Waals surface area contributed by atoms with Crippen molar-refractivity contribution in [2.24, 2.45) is 0 Å². The van der Waals surface area contributed by atoms with Gasteiger partial charge < -0.3 is 24.9 Å². The SMILES string of the molecule is COC(=O)NCc1nc2cnc3[nH]ccc3c2n1C1CCC(NCC(F)(F)F)CC1. The largest absolute Gasteiger partial charge is 0.453 e. The molecule has 30 heavy (non-hydrogen) atoms. The summed E-state index contributed by atoms with van der Waals surface area (Å²) in [5.74, 6) is 0.664. The zero-order chi connectivity index (χ0) is 21.3. The van der Waals surface area contributed by atoms with Crippen molar-refractivity contribution < 1.29 is 22.7 Å². The summed E-state index contributed by atoms with van der Waals surface area (Å²) in [6.45, 7) is -0.792.